The molecule has 0 N–H and O–H groups in total. The third-order valence-electron chi connectivity index (χ3n) is 4.03. The summed E-state index contributed by atoms with van der Waals surface area (Å²) in [6.45, 7) is -0.975. The minimum absolute atomic E-state index is 0.00114. The van der Waals surface area contributed by atoms with Crippen LogP contribution in [-0.4, -0.2) is 66.5 Å². The lowest BCUT2D eigenvalue weighted by Crippen LogP contribution is -2.50. The molecule has 10 heteroatoms. The van der Waals surface area contributed by atoms with E-state index in [4.69, 9.17) is 0 Å². The molecule has 1 aromatic heterocycles. The number of hydrogen-bond acceptors (Lipinski definition) is 5. The van der Waals surface area contributed by atoms with Gasteiger partial charge >= 0.3 is 6.18 Å². The van der Waals surface area contributed by atoms with E-state index in [0.717, 1.165) is 5.56 Å². The van der Waals surface area contributed by atoms with Crippen LogP contribution in [0.2, 0.25) is 0 Å². The molecule has 3 rings (SSSR count). The molecule has 0 saturated carbocycles. The van der Waals surface area contributed by atoms with Gasteiger partial charge in [0.05, 0.1) is 18.9 Å². The summed E-state index contributed by atoms with van der Waals surface area (Å²) in [5.74, 6) is 0.402. The van der Waals surface area contributed by atoms with E-state index in [2.05, 4.69) is 9.97 Å². The van der Waals surface area contributed by atoms with Gasteiger partial charge in [0.25, 0.3) is 0 Å². The molecule has 0 aliphatic carbocycles. The van der Waals surface area contributed by atoms with Gasteiger partial charge in [-0.2, -0.15) is 17.5 Å². The molecular formula is C16H17F3N4O2S. The SMILES string of the molecule is O=S(=O)(c1cnc(-c2ccccc2)nc1)N1CCN(CC(F)(F)F)CC1. The molecule has 1 aliphatic rings. The van der Waals surface area contributed by atoms with E-state index in [1.165, 1.54) is 21.6 Å². The van der Waals surface area contributed by atoms with Crippen LogP contribution in [-0.2, 0) is 10.0 Å². The number of aromatic nitrogens is 2. The highest BCUT2D eigenvalue weighted by Gasteiger charge is 2.35. The highest BCUT2D eigenvalue weighted by molar-refractivity contribution is 7.89. The smallest absolute Gasteiger partial charge is 0.292 e. The van der Waals surface area contributed by atoms with Gasteiger partial charge in [-0.1, -0.05) is 30.3 Å². The number of benzene rings is 1. The molecule has 1 fully saturated rings. The van der Waals surface area contributed by atoms with Gasteiger partial charge in [0.2, 0.25) is 10.0 Å². The normalized spacial score (nSPS) is 17.3. The van der Waals surface area contributed by atoms with E-state index >= 15 is 0 Å². The Labute approximate surface area is 149 Å². The first-order valence-corrected chi connectivity index (χ1v) is 9.36. The Morgan fingerprint density at radius 2 is 1.54 bits per heavy atom. The molecule has 2 aromatic rings. The van der Waals surface area contributed by atoms with Gasteiger partial charge in [-0.05, 0) is 0 Å². The van der Waals surface area contributed by atoms with E-state index in [-0.39, 0.29) is 31.1 Å². The Morgan fingerprint density at radius 3 is 2.08 bits per heavy atom. The van der Waals surface area contributed by atoms with Crippen LogP contribution in [0.15, 0.2) is 47.6 Å². The van der Waals surface area contributed by atoms with Gasteiger partial charge < -0.3 is 0 Å². The second-order valence-corrected chi connectivity index (χ2v) is 7.84. The molecule has 0 bridgehead atoms. The zero-order valence-electron chi connectivity index (χ0n) is 13.7. The summed E-state index contributed by atoms with van der Waals surface area (Å²) in [6, 6.07) is 9.11. The van der Waals surface area contributed by atoms with Crippen LogP contribution < -0.4 is 0 Å². The number of hydrogen-bond donors (Lipinski definition) is 0. The van der Waals surface area contributed by atoms with Gasteiger partial charge in [0.15, 0.2) is 5.82 Å². The van der Waals surface area contributed by atoms with Gasteiger partial charge in [-0.25, -0.2) is 18.4 Å². The number of sulfonamides is 1. The topological polar surface area (TPSA) is 66.4 Å². The molecular weight excluding hydrogens is 369 g/mol. The number of alkyl halides is 3. The van der Waals surface area contributed by atoms with Crippen molar-refractivity contribution in [3.63, 3.8) is 0 Å². The average molecular weight is 386 g/mol. The second-order valence-electron chi connectivity index (χ2n) is 5.90. The van der Waals surface area contributed by atoms with E-state index in [1.807, 2.05) is 30.3 Å². The maximum atomic E-state index is 12.6. The molecule has 2 heterocycles. The van der Waals surface area contributed by atoms with Gasteiger partial charge in [-0.15, -0.1) is 0 Å². The van der Waals surface area contributed by atoms with Crippen LogP contribution in [0.25, 0.3) is 11.4 Å². The van der Waals surface area contributed by atoms with Crippen molar-refractivity contribution in [2.75, 3.05) is 32.7 Å². The Balaban J connectivity index is 1.69. The van der Waals surface area contributed by atoms with Gasteiger partial charge in [-0.3, -0.25) is 4.90 Å². The fraction of sp³-hybridized carbons (Fsp3) is 0.375. The number of rotatable bonds is 4. The van der Waals surface area contributed by atoms with Crippen molar-refractivity contribution in [3.8, 4) is 11.4 Å². The molecule has 140 valence electrons. The first kappa shape index (κ1) is 18.7. The van der Waals surface area contributed by atoms with Crippen LogP contribution in [0.1, 0.15) is 0 Å². The average Bonchev–Trinajstić information content (AvgIpc) is 2.62. The first-order valence-electron chi connectivity index (χ1n) is 7.92. The monoisotopic (exact) mass is 386 g/mol. The predicted molar refractivity (Wildman–Crippen MR) is 88.7 cm³/mol. The van der Waals surface area contributed by atoms with Crippen molar-refractivity contribution in [2.24, 2.45) is 0 Å². The second kappa shape index (κ2) is 7.29. The highest BCUT2D eigenvalue weighted by atomic mass is 32.2. The molecule has 0 unspecified atom stereocenters. The fourth-order valence-electron chi connectivity index (χ4n) is 2.72. The number of nitrogens with zero attached hydrogens (tertiary/aromatic N) is 4. The van der Waals surface area contributed by atoms with E-state index in [0.29, 0.717) is 5.82 Å². The van der Waals surface area contributed by atoms with Crippen LogP contribution in [0, 0.1) is 0 Å². The van der Waals surface area contributed by atoms with E-state index in [9.17, 15) is 21.6 Å². The molecule has 26 heavy (non-hydrogen) atoms. The standard InChI is InChI=1S/C16H17F3N4O2S/c17-16(18,19)12-22-6-8-23(9-7-22)26(24,25)14-10-20-15(21-11-14)13-4-2-1-3-5-13/h1-5,10-11H,6-9,12H2. The zero-order valence-corrected chi connectivity index (χ0v) is 14.5. The van der Waals surface area contributed by atoms with Crippen molar-refractivity contribution in [2.45, 2.75) is 11.1 Å². The zero-order chi connectivity index (χ0) is 18.8. The lowest BCUT2D eigenvalue weighted by molar-refractivity contribution is -0.148. The molecule has 6 nitrogen and oxygen atoms in total. The lowest BCUT2D eigenvalue weighted by Gasteiger charge is -2.34. The van der Waals surface area contributed by atoms with Crippen molar-refractivity contribution in [3.05, 3.63) is 42.7 Å². The Bertz CT molecular complexity index is 834. The summed E-state index contributed by atoms with van der Waals surface area (Å²) in [7, 11) is -3.83. The number of halogens is 3. The van der Waals surface area contributed by atoms with Gasteiger partial charge in [0.1, 0.15) is 4.90 Å². The van der Waals surface area contributed by atoms with Crippen molar-refractivity contribution in [1.82, 2.24) is 19.2 Å². The summed E-state index contributed by atoms with van der Waals surface area (Å²) < 4.78 is 63.7. The molecule has 1 aliphatic heterocycles. The molecule has 1 aromatic carbocycles. The van der Waals surface area contributed by atoms with Gasteiger partial charge in [0, 0.05) is 31.7 Å². The van der Waals surface area contributed by atoms with Crippen molar-refractivity contribution in [1.29, 1.82) is 0 Å². The summed E-state index contributed by atoms with van der Waals surface area (Å²) in [4.78, 5) is 9.32. The molecule has 1 saturated heterocycles. The minimum Gasteiger partial charge on any atom is -0.292 e. The Morgan fingerprint density at radius 1 is 0.962 bits per heavy atom. The van der Waals surface area contributed by atoms with Crippen LogP contribution >= 0.6 is 0 Å². The maximum absolute atomic E-state index is 12.6. The largest absolute Gasteiger partial charge is 0.401 e. The van der Waals surface area contributed by atoms with Crippen LogP contribution in [0.5, 0.6) is 0 Å². The van der Waals surface area contributed by atoms with Crippen LogP contribution in [0.4, 0.5) is 13.2 Å². The van der Waals surface area contributed by atoms with Crippen molar-refractivity contribution >= 4 is 10.0 Å². The fourth-order valence-corrected chi connectivity index (χ4v) is 4.03. The van der Waals surface area contributed by atoms with E-state index < -0.39 is 22.7 Å². The quantitative estimate of drug-likeness (QED) is 0.804. The molecule has 0 spiro atoms. The molecule has 0 amide bonds. The first-order chi connectivity index (χ1) is 12.3. The third kappa shape index (κ3) is 4.37. The minimum atomic E-state index is -4.29. The Kier molecular flexibility index (Phi) is 5.26. The maximum Gasteiger partial charge on any atom is 0.401 e. The van der Waals surface area contributed by atoms with E-state index in [1.54, 1.807) is 0 Å². The lowest BCUT2D eigenvalue weighted by atomic mass is 10.2. The summed E-state index contributed by atoms with van der Waals surface area (Å²) in [5.41, 5.74) is 0.761. The highest BCUT2D eigenvalue weighted by Crippen LogP contribution is 2.21. The number of piperazine rings is 1. The molecule has 0 radical (unpaired) electrons. The van der Waals surface area contributed by atoms with Crippen LogP contribution in [0.3, 0.4) is 0 Å². The summed E-state index contributed by atoms with van der Waals surface area (Å²) in [5, 5.41) is 0. The summed E-state index contributed by atoms with van der Waals surface area (Å²) in [6.07, 6.45) is -1.83. The Hall–Kier alpha value is -2.04. The summed E-state index contributed by atoms with van der Waals surface area (Å²) >= 11 is 0. The van der Waals surface area contributed by atoms with Crippen molar-refractivity contribution < 1.29 is 21.6 Å². The predicted octanol–water partition coefficient (Wildman–Crippen LogP) is 2.01. The third-order valence-corrected chi connectivity index (χ3v) is 5.88. The molecule has 0 atom stereocenters.